The van der Waals surface area contributed by atoms with Crippen molar-refractivity contribution in [2.75, 3.05) is 13.1 Å². The molecule has 0 radical (unpaired) electrons. The number of carbonyl (C=O) groups is 1. The Kier molecular flexibility index (Phi) is 6.03. The van der Waals surface area contributed by atoms with Gasteiger partial charge in [0.15, 0.2) is 0 Å². The summed E-state index contributed by atoms with van der Waals surface area (Å²) in [6.07, 6.45) is 2.10. The van der Waals surface area contributed by atoms with E-state index in [-0.39, 0.29) is 12.3 Å². The second-order valence-corrected chi connectivity index (χ2v) is 6.26. The van der Waals surface area contributed by atoms with Crippen molar-refractivity contribution < 1.29 is 9.90 Å². The Bertz CT molecular complexity index is 475. The van der Waals surface area contributed by atoms with Gasteiger partial charge in [0.2, 0.25) is 5.91 Å². The van der Waals surface area contributed by atoms with Gasteiger partial charge in [0.1, 0.15) is 0 Å². The van der Waals surface area contributed by atoms with E-state index in [0.717, 1.165) is 31.5 Å². The molecule has 5 heteroatoms. The molecule has 4 nitrogen and oxygen atoms in total. The molecule has 4 N–H and O–H groups in total. The minimum absolute atomic E-state index is 0.0111. The van der Waals surface area contributed by atoms with E-state index in [4.69, 9.17) is 17.3 Å². The van der Waals surface area contributed by atoms with Crippen LogP contribution in [0.1, 0.15) is 37.2 Å². The minimum atomic E-state index is -0.701. The predicted molar refractivity (Wildman–Crippen MR) is 84.2 cm³/mol. The van der Waals surface area contributed by atoms with Gasteiger partial charge in [-0.2, -0.15) is 0 Å². The summed E-state index contributed by atoms with van der Waals surface area (Å²) >= 11 is 6.10. The van der Waals surface area contributed by atoms with Crippen molar-refractivity contribution in [1.29, 1.82) is 0 Å². The van der Waals surface area contributed by atoms with Crippen molar-refractivity contribution in [2.45, 2.75) is 37.7 Å². The zero-order valence-electron chi connectivity index (χ0n) is 12.1. The lowest BCUT2D eigenvalue weighted by atomic mass is 9.78. The molecule has 0 bridgehead atoms. The van der Waals surface area contributed by atoms with E-state index >= 15 is 0 Å². The highest BCUT2D eigenvalue weighted by Gasteiger charge is 2.27. The van der Waals surface area contributed by atoms with Gasteiger partial charge >= 0.3 is 0 Å². The maximum atomic E-state index is 11.0. The number of aliphatic hydroxyl groups is 1. The fourth-order valence-electron chi connectivity index (χ4n) is 3.17. The van der Waals surface area contributed by atoms with Gasteiger partial charge < -0.3 is 16.2 Å². The van der Waals surface area contributed by atoms with E-state index < -0.39 is 12.0 Å². The second-order valence-electron chi connectivity index (χ2n) is 5.83. The first-order valence-corrected chi connectivity index (χ1v) is 7.86. The van der Waals surface area contributed by atoms with Gasteiger partial charge in [-0.05, 0) is 61.9 Å². The van der Waals surface area contributed by atoms with Crippen LogP contribution in [0, 0.1) is 5.92 Å². The lowest BCUT2D eigenvalue weighted by Gasteiger charge is -2.32. The summed E-state index contributed by atoms with van der Waals surface area (Å²) < 4.78 is 0. The van der Waals surface area contributed by atoms with E-state index in [1.807, 2.05) is 24.3 Å². The molecule has 1 aliphatic rings. The molecule has 1 aliphatic heterocycles. The molecule has 1 fully saturated rings. The summed E-state index contributed by atoms with van der Waals surface area (Å²) in [6.45, 7) is 1.98. The zero-order valence-corrected chi connectivity index (χ0v) is 12.9. The number of hydrogen-bond acceptors (Lipinski definition) is 3. The highest BCUT2D eigenvalue weighted by molar-refractivity contribution is 6.30. The van der Waals surface area contributed by atoms with E-state index in [1.54, 1.807) is 0 Å². The highest BCUT2D eigenvalue weighted by atomic mass is 35.5. The van der Waals surface area contributed by atoms with Crippen LogP contribution >= 0.6 is 11.6 Å². The second kappa shape index (κ2) is 7.78. The molecule has 1 unspecified atom stereocenters. The van der Waals surface area contributed by atoms with Gasteiger partial charge in [-0.25, -0.2) is 0 Å². The molecule has 1 amide bonds. The third-order valence-electron chi connectivity index (χ3n) is 4.14. The lowest BCUT2D eigenvalue weighted by Crippen LogP contribution is -2.35. The molecule has 1 aromatic rings. The molecule has 116 valence electrons. The number of nitrogens with one attached hydrogen (secondary N) is 1. The first-order chi connectivity index (χ1) is 10.1. The minimum Gasteiger partial charge on any atom is -0.393 e. The van der Waals surface area contributed by atoms with E-state index in [0.29, 0.717) is 17.4 Å². The molecule has 0 spiro atoms. The molecule has 1 saturated heterocycles. The number of rotatable bonds is 6. The summed E-state index contributed by atoms with van der Waals surface area (Å²) in [4.78, 5) is 11.0. The Morgan fingerprint density at radius 1 is 1.52 bits per heavy atom. The zero-order chi connectivity index (χ0) is 15.2. The third-order valence-corrected chi connectivity index (χ3v) is 4.38. The van der Waals surface area contributed by atoms with Crippen molar-refractivity contribution in [1.82, 2.24) is 5.32 Å². The van der Waals surface area contributed by atoms with Crippen molar-refractivity contribution >= 4 is 17.5 Å². The van der Waals surface area contributed by atoms with Crippen LogP contribution in [-0.2, 0) is 4.79 Å². The number of nitrogens with two attached hydrogens (primary N) is 1. The van der Waals surface area contributed by atoms with E-state index in [9.17, 15) is 9.90 Å². The fourth-order valence-corrected chi connectivity index (χ4v) is 3.37. The molecule has 2 rings (SSSR count). The molecular weight excluding hydrogens is 288 g/mol. The van der Waals surface area contributed by atoms with Crippen LogP contribution in [0.2, 0.25) is 5.02 Å². The number of primary amides is 1. The van der Waals surface area contributed by atoms with Crippen molar-refractivity contribution in [2.24, 2.45) is 11.7 Å². The van der Waals surface area contributed by atoms with E-state index in [1.165, 1.54) is 0 Å². The van der Waals surface area contributed by atoms with E-state index in [2.05, 4.69) is 5.32 Å². The average Bonchev–Trinajstić information content (AvgIpc) is 2.45. The molecule has 3 atom stereocenters. The highest BCUT2D eigenvalue weighted by Crippen LogP contribution is 2.34. The maximum Gasteiger partial charge on any atom is 0.220 e. The van der Waals surface area contributed by atoms with Crippen molar-refractivity contribution in [3.63, 3.8) is 0 Å². The monoisotopic (exact) mass is 310 g/mol. The van der Waals surface area contributed by atoms with Crippen molar-refractivity contribution in [3.05, 3.63) is 34.9 Å². The molecular formula is C16H23ClN2O2. The predicted octanol–water partition coefficient (Wildman–Crippen LogP) is 2.05. The molecule has 1 heterocycles. The van der Waals surface area contributed by atoms with Gasteiger partial charge in [-0.3, -0.25) is 4.79 Å². The van der Waals surface area contributed by atoms with Crippen LogP contribution in [0.15, 0.2) is 24.3 Å². The largest absolute Gasteiger partial charge is 0.393 e. The van der Waals surface area contributed by atoms with Crippen molar-refractivity contribution in [3.8, 4) is 0 Å². The Balaban J connectivity index is 2.15. The Labute approximate surface area is 130 Å². The normalized spacial score (nSPS) is 21.7. The Morgan fingerprint density at radius 2 is 2.33 bits per heavy atom. The van der Waals surface area contributed by atoms with Gasteiger partial charge in [0, 0.05) is 5.02 Å². The first-order valence-electron chi connectivity index (χ1n) is 7.49. The number of carbonyl (C=O) groups excluding carboxylic acids is 1. The smallest absolute Gasteiger partial charge is 0.220 e. The van der Waals surface area contributed by atoms with Crippen LogP contribution in [-0.4, -0.2) is 30.2 Å². The molecule has 0 aliphatic carbocycles. The number of aliphatic hydroxyl groups excluding tert-OH is 1. The summed E-state index contributed by atoms with van der Waals surface area (Å²) in [7, 11) is 0. The van der Waals surface area contributed by atoms with Gasteiger partial charge in [0.05, 0.1) is 12.5 Å². The van der Waals surface area contributed by atoms with Gasteiger partial charge in [-0.15, -0.1) is 0 Å². The van der Waals surface area contributed by atoms with Crippen LogP contribution in [0.4, 0.5) is 0 Å². The third kappa shape index (κ3) is 4.99. The summed E-state index contributed by atoms with van der Waals surface area (Å²) in [5.41, 5.74) is 6.30. The summed E-state index contributed by atoms with van der Waals surface area (Å²) in [6, 6.07) is 7.78. The average molecular weight is 311 g/mol. The lowest BCUT2D eigenvalue weighted by molar-refractivity contribution is -0.120. The first kappa shape index (κ1) is 16.3. The summed E-state index contributed by atoms with van der Waals surface area (Å²) in [5, 5.41) is 14.2. The number of benzene rings is 1. The van der Waals surface area contributed by atoms with Crippen LogP contribution in [0.25, 0.3) is 0 Å². The molecule has 1 aromatic carbocycles. The Morgan fingerprint density at radius 3 is 2.95 bits per heavy atom. The maximum absolute atomic E-state index is 11.0. The number of hydrogen-bond donors (Lipinski definition) is 3. The number of halogens is 1. The van der Waals surface area contributed by atoms with Gasteiger partial charge in [-0.1, -0.05) is 23.7 Å². The van der Waals surface area contributed by atoms with Gasteiger partial charge in [0.25, 0.3) is 0 Å². The number of piperidine rings is 1. The SMILES string of the molecule is NC(=O)C[C@@H](O)CC(c1cccc(Cl)c1)[C@H]1CCCNC1. The van der Waals surface area contributed by atoms with Crippen LogP contribution in [0.3, 0.4) is 0 Å². The summed E-state index contributed by atoms with van der Waals surface area (Å²) in [5.74, 6) is 0.166. The molecule has 0 saturated carbocycles. The number of amides is 1. The quantitative estimate of drug-likeness (QED) is 0.753. The van der Waals surface area contributed by atoms with Crippen LogP contribution < -0.4 is 11.1 Å². The fraction of sp³-hybridized carbons (Fsp3) is 0.562. The standard InChI is InChI=1S/C16H23ClN2O2/c17-13-5-1-3-11(7-13)15(8-14(20)9-16(18)21)12-4-2-6-19-10-12/h1,3,5,7,12,14-15,19-20H,2,4,6,8-10H2,(H2,18,21)/t12-,14-,15?/m0/s1. The molecule has 0 aromatic heterocycles. The van der Waals surface area contributed by atoms with Crippen LogP contribution in [0.5, 0.6) is 0 Å². The Hall–Kier alpha value is -1.10. The molecule has 21 heavy (non-hydrogen) atoms. The topological polar surface area (TPSA) is 75.4 Å².